The van der Waals surface area contributed by atoms with Gasteiger partial charge in [0.25, 0.3) is 0 Å². The van der Waals surface area contributed by atoms with Crippen molar-refractivity contribution < 1.29 is 19.4 Å². The Hall–Kier alpha value is -2.87. The minimum absolute atomic E-state index is 0.0403. The van der Waals surface area contributed by atoms with E-state index in [4.69, 9.17) is 16.3 Å². The fourth-order valence-corrected chi connectivity index (χ4v) is 2.80. The quantitative estimate of drug-likeness (QED) is 0.702. The summed E-state index contributed by atoms with van der Waals surface area (Å²) in [6, 6.07) is 2.87. The first-order valence-electron chi connectivity index (χ1n) is 7.77. The van der Waals surface area contributed by atoms with Crippen LogP contribution in [-0.4, -0.2) is 37.1 Å². The molecule has 0 aliphatic heterocycles. The van der Waals surface area contributed by atoms with Crippen LogP contribution in [0.3, 0.4) is 0 Å². The van der Waals surface area contributed by atoms with E-state index in [2.05, 4.69) is 15.3 Å². The number of ether oxygens (including phenoxy) is 1. The lowest BCUT2D eigenvalue weighted by Gasteiger charge is -2.20. The Kier molecular flexibility index (Phi) is 4.23. The average Bonchev–Trinajstić information content (AvgIpc) is 2.87. The molecule has 1 amide bonds. The Morgan fingerprint density at radius 3 is 2.62 bits per heavy atom. The number of fused-ring (bicyclic) bond motifs is 3. The van der Waals surface area contributed by atoms with Gasteiger partial charge < -0.3 is 9.84 Å². The molecule has 8 nitrogen and oxygen atoms in total. The molecule has 0 aliphatic rings. The molecule has 0 bridgehead atoms. The van der Waals surface area contributed by atoms with Gasteiger partial charge in [0, 0.05) is 0 Å². The molecule has 0 spiro atoms. The zero-order valence-electron chi connectivity index (χ0n) is 14.6. The predicted octanol–water partition coefficient (Wildman–Crippen LogP) is 3.89. The van der Waals surface area contributed by atoms with Gasteiger partial charge in [0.15, 0.2) is 5.82 Å². The molecule has 26 heavy (non-hydrogen) atoms. The number of nitrogens with one attached hydrogen (secondary N) is 1. The number of carbonyl (C=O) groups excluding carboxylic acids is 1. The maximum atomic E-state index is 12.1. The van der Waals surface area contributed by atoms with Gasteiger partial charge in [-0.15, -0.1) is 0 Å². The summed E-state index contributed by atoms with van der Waals surface area (Å²) >= 11 is 6.04. The molecular weight excluding hydrogens is 360 g/mol. The van der Waals surface area contributed by atoms with Crippen LogP contribution in [0.5, 0.6) is 0 Å². The maximum Gasteiger partial charge on any atom is 0.413 e. The molecular formula is C17H17ClN4O4. The van der Waals surface area contributed by atoms with Crippen molar-refractivity contribution in [2.45, 2.75) is 33.3 Å². The number of carboxylic acids is 1. The molecule has 3 rings (SSSR count). The zero-order valence-corrected chi connectivity index (χ0v) is 15.4. The fourth-order valence-electron chi connectivity index (χ4n) is 2.56. The zero-order chi connectivity index (χ0) is 19.2. The van der Waals surface area contributed by atoms with Crippen molar-refractivity contribution in [2.24, 2.45) is 0 Å². The number of amides is 1. The highest BCUT2D eigenvalue weighted by Gasteiger charge is 2.21. The number of aromatic carboxylic acids is 1. The molecule has 2 heterocycles. The molecule has 9 heteroatoms. The normalized spacial score (nSPS) is 11.7. The number of rotatable bonds is 2. The second kappa shape index (κ2) is 6.14. The van der Waals surface area contributed by atoms with Gasteiger partial charge in [-0.05, 0) is 39.8 Å². The van der Waals surface area contributed by atoms with Crippen LogP contribution in [0.4, 0.5) is 10.6 Å². The average molecular weight is 377 g/mol. The number of carboxylic acid groups (broad SMARTS) is 1. The van der Waals surface area contributed by atoms with E-state index in [1.54, 1.807) is 32.1 Å². The van der Waals surface area contributed by atoms with Gasteiger partial charge in [0.1, 0.15) is 17.4 Å². The van der Waals surface area contributed by atoms with Gasteiger partial charge in [-0.3, -0.25) is 9.72 Å². The molecule has 0 atom stereocenters. The minimum atomic E-state index is -1.14. The number of nitrogens with zero attached hydrogens (tertiary/aromatic N) is 3. The van der Waals surface area contributed by atoms with Gasteiger partial charge in [0.05, 0.1) is 27.3 Å². The standard InChI is InChI=1S/C17H17ClN4O4/c1-8-13-14(21-16(25)26-17(2,3)4)20-11-6-10(18)9(15(23)24)5-12(11)22(13)7-19-8/h5-7H,1-4H3,(H,23,24)(H,20,21,25). The van der Waals surface area contributed by atoms with E-state index in [-0.39, 0.29) is 16.4 Å². The first-order chi connectivity index (χ1) is 12.1. The van der Waals surface area contributed by atoms with Crippen molar-refractivity contribution in [3.05, 3.63) is 34.7 Å². The third-order valence-corrected chi connectivity index (χ3v) is 3.89. The van der Waals surface area contributed by atoms with Gasteiger partial charge >= 0.3 is 12.1 Å². The van der Waals surface area contributed by atoms with E-state index in [9.17, 15) is 14.7 Å². The lowest BCUT2D eigenvalue weighted by molar-refractivity contribution is 0.0633. The second-order valence-corrected chi connectivity index (χ2v) is 7.17. The maximum absolute atomic E-state index is 12.1. The summed E-state index contributed by atoms with van der Waals surface area (Å²) in [5, 5.41) is 12.0. The molecule has 1 aromatic carbocycles. The number of anilines is 1. The van der Waals surface area contributed by atoms with Crippen LogP contribution in [0.2, 0.25) is 5.02 Å². The third kappa shape index (κ3) is 3.28. The van der Waals surface area contributed by atoms with E-state index >= 15 is 0 Å². The lowest BCUT2D eigenvalue weighted by atomic mass is 10.2. The molecule has 0 fully saturated rings. The summed E-state index contributed by atoms with van der Waals surface area (Å²) in [7, 11) is 0. The van der Waals surface area contributed by atoms with Gasteiger partial charge in [-0.25, -0.2) is 19.6 Å². The van der Waals surface area contributed by atoms with Crippen molar-refractivity contribution in [2.75, 3.05) is 5.32 Å². The Morgan fingerprint density at radius 1 is 1.31 bits per heavy atom. The highest BCUT2D eigenvalue weighted by molar-refractivity contribution is 6.34. The smallest absolute Gasteiger partial charge is 0.413 e. The molecule has 0 unspecified atom stereocenters. The van der Waals surface area contributed by atoms with Crippen molar-refractivity contribution in [3.63, 3.8) is 0 Å². The van der Waals surface area contributed by atoms with Gasteiger partial charge in [-0.2, -0.15) is 0 Å². The van der Waals surface area contributed by atoms with Crippen LogP contribution >= 0.6 is 11.6 Å². The Balaban J connectivity index is 2.20. The van der Waals surface area contributed by atoms with E-state index in [0.717, 1.165) is 0 Å². The Morgan fingerprint density at radius 2 is 2.00 bits per heavy atom. The molecule has 0 radical (unpaired) electrons. The Labute approximate surface area is 153 Å². The van der Waals surface area contributed by atoms with Crippen molar-refractivity contribution >= 4 is 46.0 Å². The number of benzene rings is 1. The number of carbonyl (C=O) groups is 2. The second-order valence-electron chi connectivity index (χ2n) is 6.76. The number of halogens is 1. The van der Waals surface area contributed by atoms with Crippen LogP contribution in [0.15, 0.2) is 18.5 Å². The summed E-state index contributed by atoms with van der Waals surface area (Å²) in [6.07, 6.45) is 0.884. The molecule has 2 aromatic heterocycles. The van der Waals surface area contributed by atoms with Crippen LogP contribution in [0.1, 0.15) is 36.8 Å². The van der Waals surface area contributed by atoms with E-state index in [1.165, 1.54) is 18.5 Å². The number of hydrogen-bond acceptors (Lipinski definition) is 5. The minimum Gasteiger partial charge on any atom is -0.478 e. The summed E-state index contributed by atoms with van der Waals surface area (Å²) in [6.45, 7) is 7.03. The summed E-state index contributed by atoms with van der Waals surface area (Å²) in [4.78, 5) is 32.1. The van der Waals surface area contributed by atoms with Crippen LogP contribution in [0, 0.1) is 6.92 Å². The van der Waals surface area contributed by atoms with E-state index < -0.39 is 17.7 Å². The third-order valence-electron chi connectivity index (χ3n) is 3.58. The molecule has 0 saturated carbocycles. The number of imidazole rings is 1. The van der Waals surface area contributed by atoms with Gasteiger partial charge in [-0.1, -0.05) is 11.6 Å². The molecule has 0 aliphatic carbocycles. The molecule has 136 valence electrons. The first-order valence-corrected chi connectivity index (χ1v) is 8.15. The Bertz CT molecular complexity index is 1050. The monoisotopic (exact) mass is 376 g/mol. The molecule has 0 saturated heterocycles. The highest BCUT2D eigenvalue weighted by Crippen LogP contribution is 2.28. The highest BCUT2D eigenvalue weighted by atomic mass is 35.5. The van der Waals surface area contributed by atoms with Gasteiger partial charge in [0.2, 0.25) is 0 Å². The predicted molar refractivity (Wildman–Crippen MR) is 97.1 cm³/mol. The number of aromatic nitrogens is 3. The molecule has 2 N–H and O–H groups in total. The van der Waals surface area contributed by atoms with Crippen molar-refractivity contribution in [1.82, 2.24) is 14.4 Å². The largest absolute Gasteiger partial charge is 0.478 e. The lowest BCUT2D eigenvalue weighted by Crippen LogP contribution is -2.27. The van der Waals surface area contributed by atoms with Crippen molar-refractivity contribution in [1.29, 1.82) is 0 Å². The van der Waals surface area contributed by atoms with Crippen molar-refractivity contribution in [3.8, 4) is 0 Å². The van der Waals surface area contributed by atoms with Crippen LogP contribution in [-0.2, 0) is 4.74 Å². The SMILES string of the molecule is Cc1ncn2c1c(NC(=O)OC(C)(C)C)nc1cc(Cl)c(C(=O)O)cc12. The summed E-state index contributed by atoms with van der Waals surface area (Å²) < 4.78 is 6.93. The fraction of sp³-hybridized carbons (Fsp3) is 0.294. The summed E-state index contributed by atoms with van der Waals surface area (Å²) in [5.41, 5.74) is 1.39. The number of hydrogen-bond donors (Lipinski definition) is 2. The van der Waals surface area contributed by atoms with Crippen LogP contribution in [0.25, 0.3) is 16.6 Å². The summed E-state index contributed by atoms with van der Waals surface area (Å²) in [5.74, 6) is -0.890. The topological polar surface area (TPSA) is 106 Å². The molecule has 3 aromatic rings. The first kappa shape index (κ1) is 17.9. The van der Waals surface area contributed by atoms with Crippen LogP contribution < -0.4 is 5.32 Å². The van der Waals surface area contributed by atoms with E-state index in [0.29, 0.717) is 22.2 Å². The van der Waals surface area contributed by atoms with E-state index in [1.807, 2.05) is 0 Å². The number of aryl methyl sites for hydroxylation is 1.